The van der Waals surface area contributed by atoms with Crippen molar-refractivity contribution in [3.63, 3.8) is 0 Å². The second-order valence-corrected chi connectivity index (χ2v) is 3.87. The Hall–Kier alpha value is -1.64. The first-order valence-corrected chi connectivity index (χ1v) is 5.59. The van der Waals surface area contributed by atoms with E-state index in [1.165, 1.54) is 18.6 Å². The van der Waals surface area contributed by atoms with E-state index in [1.807, 2.05) is 6.20 Å². The van der Waals surface area contributed by atoms with Crippen LogP contribution in [0.25, 0.3) is 11.4 Å². The Labute approximate surface area is 94.5 Å². The second kappa shape index (κ2) is 4.92. The van der Waals surface area contributed by atoms with E-state index in [4.69, 9.17) is 0 Å². The minimum absolute atomic E-state index is 0.221. The van der Waals surface area contributed by atoms with Crippen LogP contribution in [0, 0.1) is 5.82 Å². The van der Waals surface area contributed by atoms with E-state index in [0.29, 0.717) is 0 Å². The summed E-state index contributed by atoms with van der Waals surface area (Å²) >= 11 is 0. The van der Waals surface area contributed by atoms with Crippen molar-refractivity contribution in [2.45, 2.75) is 26.2 Å². The summed E-state index contributed by atoms with van der Waals surface area (Å²) in [7, 11) is 0. The number of hydrogen-bond donors (Lipinski definition) is 1. The highest BCUT2D eigenvalue weighted by molar-refractivity contribution is 5.54. The Morgan fingerprint density at radius 1 is 1.25 bits per heavy atom. The molecule has 0 radical (unpaired) electrons. The van der Waals surface area contributed by atoms with E-state index in [-0.39, 0.29) is 5.82 Å². The molecule has 0 aliphatic carbocycles. The molecule has 1 aromatic heterocycles. The van der Waals surface area contributed by atoms with Gasteiger partial charge in [-0.05, 0) is 37.1 Å². The number of nitrogens with one attached hydrogen (secondary N) is 1. The number of unbranched alkanes of at least 4 members (excludes halogenated alkanes) is 1. The summed E-state index contributed by atoms with van der Waals surface area (Å²) in [6.07, 6.45) is 5.20. The van der Waals surface area contributed by atoms with Crippen LogP contribution in [0.5, 0.6) is 0 Å². The van der Waals surface area contributed by atoms with Gasteiger partial charge in [-0.15, -0.1) is 0 Å². The van der Waals surface area contributed by atoms with Gasteiger partial charge < -0.3 is 4.98 Å². The molecule has 16 heavy (non-hydrogen) atoms. The molecule has 2 rings (SSSR count). The number of rotatable bonds is 4. The molecule has 0 spiro atoms. The zero-order valence-corrected chi connectivity index (χ0v) is 9.33. The molecule has 0 unspecified atom stereocenters. The molecule has 0 atom stereocenters. The Balaban J connectivity index is 2.15. The van der Waals surface area contributed by atoms with Crippen LogP contribution in [0.3, 0.4) is 0 Å². The van der Waals surface area contributed by atoms with Gasteiger partial charge in [0, 0.05) is 17.5 Å². The lowest BCUT2D eigenvalue weighted by molar-refractivity contribution is 0.628. The van der Waals surface area contributed by atoms with Crippen LogP contribution < -0.4 is 0 Å². The third-order valence-corrected chi connectivity index (χ3v) is 2.55. The van der Waals surface area contributed by atoms with Gasteiger partial charge in [-0.2, -0.15) is 0 Å². The predicted octanol–water partition coefficient (Wildman–Crippen LogP) is 3.56. The number of halogens is 1. The third-order valence-electron chi connectivity index (χ3n) is 2.55. The summed E-state index contributed by atoms with van der Waals surface area (Å²) < 4.78 is 12.7. The first-order chi connectivity index (χ1) is 7.79. The number of H-pyrrole nitrogens is 1. The van der Waals surface area contributed by atoms with Crippen molar-refractivity contribution in [2.75, 3.05) is 0 Å². The molecule has 1 N–H and O–H groups in total. The van der Waals surface area contributed by atoms with Crippen molar-refractivity contribution in [1.82, 2.24) is 9.97 Å². The molecule has 1 heterocycles. The number of benzene rings is 1. The quantitative estimate of drug-likeness (QED) is 0.835. The summed E-state index contributed by atoms with van der Waals surface area (Å²) in [5, 5.41) is 0. The summed E-state index contributed by atoms with van der Waals surface area (Å²) in [5.74, 6) is 0.590. The maximum atomic E-state index is 12.7. The molecule has 0 saturated heterocycles. The van der Waals surface area contributed by atoms with Gasteiger partial charge in [0.1, 0.15) is 11.6 Å². The van der Waals surface area contributed by atoms with Gasteiger partial charge >= 0.3 is 0 Å². The lowest BCUT2D eigenvalue weighted by atomic mass is 10.2. The monoisotopic (exact) mass is 218 g/mol. The fraction of sp³-hybridized carbons (Fsp3) is 0.308. The average molecular weight is 218 g/mol. The molecule has 0 bridgehead atoms. The van der Waals surface area contributed by atoms with Gasteiger partial charge in [0.25, 0.3) is 0 Å². The van der Waals surface area contributed by atoms with Crippen LogP contribution >= 0.6 is 0 Å². The van der Waals surface area contributed by atoms with Crippen molar-refractivity contribution < 1.29 is 4.39 Å². The maximum absolute atomic E-state index is 12.7. The van der Waals surface area contributed by atoms with Crippen molar-refractivity contribution in [1.29, 1.82) is 0 Å². The minimum atomic E-state index is -0.221. The fourth-order valence-corrected chi connectivity index (χ4v) is 1.61. The highest BCUT2D eigenvalue weighted by atomic mass is 19.1. The number of aromatic nitrogens is 2. The van der Waals surface area contributed by atoms with E-state index >= 15 is 0 Å². The van der Waals surface area contributed by atoms with Gasteiger partial charge in [0.2, 0.25) is 0 Å². The molecule has 1 aromatic carbocycles. The SMILES string of the molecule is CCCCc1cnc(-c2ccc(F)cc2)[nH]1. The normalized spacial score (nSPS) is 10.6. The van der Waals surface area contributed by atoms with E-state index < -0.39 is 0 Å². The lowest BCUT2D eigenvalue weighted by Crippen LogP contribution is -1.85. The van der Waals surface area contributed by atoms with E-state index in [0.717, 1.165) is 29.9 Å². The van der Waals surface area contributed by atoms with Crippen LogP contribution in [0.4, 0.5) is 4.39 Å². The van der Waals surface area contributed by atoms with E-state index in [2.05, 4.69) is 16.9 Å². The largest absolute Gasteiger partial charge is 0.342 e. The van der Waals surface area contributed by atoms with E-state index in [1.54, 1.807) is 12.1 Å². The van der Waals surface area contributed by atoms with Gasteiger partial charge in [-0.3, -0.25) is 0 Å². The van der Waals surface area contributed by atoms with Gasteiger partial charge in [-0.1, -0.05) is 13.3 Å². The Kier molecular flexibility index (Phi) is 3.34. The molecule has 2 nitrogen and oxygen atoms in total. The summed E-state index contributed by atoms with van der Waals surface area (Å²) in [4.78, 5) is 7.54. The highest BCUT2D eigenvalue weighted by Crippen LogP contribution is 2.16. The molecule has 2 aromatic rings. The number of hydrogen-bond acceptors (Lipinski definition) is 1. The Bertz CT molecular complexity index is 445. The summed E-state index contributed by atoms with van der Waals surface area (Å²) in [5.41, 5.74) is 2.06. The molecule has 0 fully saturated rings. The number of nitrogens with zero attached hydrogens (tertiary/aromatic N) is 1. The standard InChI is InChI=1S/C13H15FN2/c1-2-3-4-12-9-15-13(16-12)10-5-7-11(14)8-6-10/h5-9H,2-4H2,1H3,(H,15,16). The average Bonchev–Trinajstić information content (AvgIpc) is 2.76. The smallest absolute Gasteiger partial charge is 0.137 e. The topological polar surface area (TPSA) is 28.7 Å². The van der Waals surface area contributed by atoms with E-state index in [9.17, 15) is 4.39 Å². The van der Waals surface area contributed by atoms with Crippen LogP contribution in [0.15, 0.2) is 30.5 Å². The Morgan fingerprint density at radius 3 is 2.69 bits per heavy atom. The van der Waals surface area contributed by atoms with Crippen LogP contribution in [-0.2, 0) is 6.42 Å². The zero-order chi connectivity index (χ0) is 11.4. The number of aromatic amines is 1. The molecular weight excluding hydrogens is 203 g/mol. The molecule has 0 aliphatic rings. The first-order valence-electron chi connectivity index (χ1n) is 5.59. The summed E-state index contributed by atoms with van der Waals surface area (Å²) in [6, 6.07) is 6.36. The predicted molar refractivity (Wildman–Crippen MR) is 62.6 cm³/mol. The third kappa shape index (κ3) is 2.48. The molecule has 0 aliphatic heterocycles. The minimum Gasteiger partial charge on any atom is -0.342 e. The lowest BCUT2D eigenvalue weighted by Gasteiger charge is -1.96. The second-order valence-electron chi connectivity index (χ2n) is 3.87. The van der Waals surface area contributed by atoms with Crippen molar-refractivity contribution >= 4 is 0 Å². The molecule has 0 amide bonds. The van der Waals surface area contributed by atoms with Crippen LogP contribution in [-0.4, -0.2) is 9.97 Å². The van der Waals surface area contributed by atoms with Gasteiger partial charge in [-0.25, -0.2) is 9.37 Å². The number of aryl methyl sites for hydroxylation is 1. The first kappa shape index (κ1) is 10.9. The van der Waals surface area contributed by atoms with Gasteiger partial charge in [0.05, 0.1) is 0 Å². The molecule has 3 heteroatoms. The summed E-state index contributed by atoms with van der Waals surface area (Å²) in [6.45, 7) is 2.16. The zero-order valence-electron chi connectivity index (χ0n) is 9.33. The molecule has 0 saturated carbocycles. The maximum Gasteiger partial charge on any atom is 0.137 e. The van der Waals surface area contributed by atoms with Crippen LogP contribution in [0.2, 0.25) is 0 Å². The highest BCUT2D eigenvalue weighted by Gasteiger charge is 2.03. The van der Waals surface area contributed by atoms with Crippen molar-refractivity contribution in [3.8, 4) is 11.4 Å². The van der Waals surface area contributed by atoms with Gasteiger partial charge in [0.15, 0.2) is 0 Å². The van der Waals surface area contributed by atoms with Crippen LogP contribution in [0.1, 0.15) is 25.5 Å². The Morgan fingerprint density at radius 2 is 2.00 bits per heavy atom. The molecule has 84 valence electrons. The van der Waals surface area contributed by atoms with Crippen molar-refractivity contribution in [2.24, 2.45) is 0 Å². The molecular formula is C13H15FN2. The fourth-order valence-electron chi connectivity index (χ4n) is 1.61. The van der Waals surface area contributed by atoms with Crippen molar-refractivity contribution in [3.05, 3.63) is 42.0 Å². The number of imidazole rings is 1.